The number of nitrogens with one attached hydrogen (secondary N) is 4. The van der Waals surface area contributed by atoms with Gasteiger partial charge < -0.3 is 16.7 Å². The number of H-pyrrole nitrogens is 2. The van der Waals surface area contributed by atoms with Crippen LogP contribution >= 0.6 is 0 Å². The molecule has 2 amide bonds. The van der Waals surface area contributed by atoms with E-state index in [4.69, 9.17) is 38.7 Å². The molecule has 0 spiro atoms. The molecular weight excluding hydrogens is 931 g/mol. The second kappa shape index (κ2) is 37.1. The van der Waals surface area contributed by atoms with E-state index in [9.17, 15) is 9.59 Å². The van der Waals surface area contributed by atoms with Crippen molar-refractivity contribution in [1.82, 2.24) is 41.2 Å². The van der Waals surface area contributed by atoms with Gasteiger partial charge in [0.15, 0.2) is 29.0 Å². The summed E-state index contributed by atoms with van der Waals surface area (Å²) in [4.78, 5) is 45.2. The number of hydrogen-bond acceptors (Lipinski definition) is 13. The molecule has 0 aliphatic carbocycles. The Morgan fingerprint density at radius 3 is 1.43 bits per heavy atom. The minimum atomic E-state index is -0.263. The molecule has 0 aliphatic heterocycles. The number of unbranched alkanes of at least 4 members (excludes halogenated alkanes) is 1. The van der Waals surface area contributed by atoms with Crippen molar-refractivity contribution in [3.05, 3.63) is 198 Å². The van der Waals surface area contributed by atoms with Gasteiger partial charge in [0.1, 0.15) is 0 Å². The number of aliphatic hydroxyl groups is 1. The quantitative estimate of drug-likeness (QED) is 0.0199. The molecule has 2 aromatic heterocycles. The van der Waals surface area contributed by atoms with Crippen LogP contribution in [0.2, 0.25) is 0 Å². The van der Waals surface area contributed by atoms with Crippen LogP contribution in [0.5, 0.6) is 0 Å². The van der Waals surface area contributed by atoms with Gasteiger partial charge in [0.25, 0.3) is 18.3 Å². The van der Waals surface area contributed by atoms with Crippen molar-refractivity contribution in [2.24, 2.45) is 11.7 Å². The summed E-state index contributed by atoms with van der Waals surface area (Å²) in [6, 6.07) is 53.9. The number of aromatic amines is 2. The Bertz CT molecular complexity index is 2590. The molecule has 18 nitrogen and oxygen atoms in total. The second-order valence-corrected chi connectivity index (χ2v) is 13.1. The Morgan fingerprint density at radius 1 is 0.710 bits per heavy atom. The number of rotatable bonds is 9. The first-order valence-corrected chi connectivity index (χ1v) is 20.1. The molecular formula is C49H48K2N12O6. The van der Waals surface area contributed by atoms with E-state index in [1.165, 1.54) is 0 Å². The Hall–Kier alpha value is -5.90. The third-order valence-corrected chi connectivity index (χ3v) is 8.43. The summed E-state index contributed by atoms with van der Waals surface area (Å²) in [7, 11) is 0. The Kier molecular flexibility index (Phi) is 32.8. The number of hydrogen-bond donors (Lipinski definition) is 7. The van der Waals surface area contributed by atoms with Crippen LogP contribution < -0.4 is 131 Å². The number of carbonyl (C=O) groups excluding carboxylic acids is 3. The molecule has 9 N–H and O–H groups in total. The maximum atomic E-state index is 10.8. The maximum absolute atomic E-state index is 10.8. The van der Waals surface area contributed by atoms with E-state index in [0.29, 0.717) is 40.6 Å². The number of benzene rings is 6. The van der Waals surface area contributed by atoms with Crippen LogP contribution in [0.3, 0.4) is 0 Å². The topological polar surface area (TPSA) is 291 Å². The number of nitrogen functional groups attached to an aromatic ring is 2. The summed E-state index contributed by atoms with van der Waals surface area (Å²) in [5.74, 6) is 12.0. The van der Waals surface area contributed by atoms with Crippen LogP contribution in [0.25, 0.3) is 50.4 Å². The average Bonchev–Trinajstić information content (AvgIpc) is 4.13. The molecule has 0 saturated carbocycles. The van der Waals surface area contributed by atoms with Crippen molar-refractivity contribution in [2.75, 3.05) is 6.61 Å². The molecule has 0 unspecified atom stereocenters. The first kappa shape index (κ1) is 61.1. The van der Waals surface area contributed by atoms with Gasteiger partial charge in [-0.2, -0.15) is 15.5 Å². The van der Waals surface area contributed by atoms with Gasteiger partial charge in [0.2, 0.25) is 0 Å². The number of aliphatic hydroxyl groups excluding tert-OH is 1. The van der Waals surface area contributed by atoms with Crippen LogP contribution in [0.1, 0.15) is 47.5 Å². The Balaban J connectivity index is 0.000000945. The Morgan fingerprint density at radius 2 is 1.10 bits per heavy atom. The largest absolute Gasteiger partial charge is 1.00 e. The van der Waals surface area contributed by atoms with E-state index in [0.717, 1.165) is 46.7 Å². The zero-order valence-corrected chi connectivity index (χ0v) is 44.4. The Labute approximate surface area is 486 Å². The molecule has 0 aliphatic rings. The first-order valence-electron chi connectivity index (χ1n) is 20.1. The predicted octanol–water partition coefficient (Wildman–Crippen LogP) is 0.614. The van der Waals surface area contributed by atoms with Crippen LogP contribution in [-0.4, -0.2) is 60.4 Å². The predicted molar refractivity (Wildman–Crippen MR) is 252 cm³/mol. The first-order chi connectivity index (χ1) is 32.7. The number of nitrogens with two attached hydrogens (primary N) is 2. The minimum absolute atomic E-state index is 0. The van der Waals surface area contributed by atoms with Crippen molar-refractivity contribution in [1.29, 1.82) is 5.26 Å². The number of carbonyl (C=O) groups is 3. The number of amides is 2. The van der Waals surface area contributed by atoms with E-state index < -0.39 is 0 Å². The number of nitrogens with zero attached hydrogens (tertiary/aromatic N) is 6. The van der Waals surface area contributed by atoms with Gasteiger partial charge in [-0.25, -0.2) is 26.5 Å². The fourth-order valence-corrected chi connectivity index (χ4v) is 5.18. The van der Waals surface area contributed by atoms with Gasteiger partial charge in [0.05, 0.1) is 12.6 Å². The zero-order chi connectivity index (χ0) is 48.5. The fraction of sp³-hybridized carbons (Fsp3) is 0.0816. The molecule has 69 heavy (non-hydrogen) atoms. The third kappa shape index (κ3) is 22.8. The van der Waals surface area contributed by atoms with Crippen LogP contribution in [-0.2, 0) is 9.68 Å². The van der Waals surface area contributed by atoms with Crippen molar-refractivity contribution in [2.45, 2.75) is 19.8 Å². The molecule has 8 rings (SSSR count). The van der Waals surface area contributed by atoms with Gasteiger partial charge in [-0.1, -0.05) is 141 Å². The average molecular weight is 979 g/mol. The maximum Gasteiger partial charge on any atom is 1.00 e. The molecule has 20 heteroatoms. The van der Waals surface area contributed by atoms with E-state index in [1.807, 2.05) is 114 Å². The molecule has 0 atom stereocenters. The van der Waals surface area contributed by atoms with Crippen LogP contribution in [0, 0.1) is 17.9 Å². The molecule has 2 heterocycles. The van der Waals surface area contributed by atoms with E-state index in [-0.39, 0.29) is 122 Å². The minimum Gasteiger partial charge on any atom is -1.00 e. The van der Waals surface area contributed by atoms with E-state index >= 15 is 0 Å². The smallest absolute Gasteiger partial charge is 1.00 e. The second-order valence-electron chi connectivity index (χ2n) is 13.1. The number of nitriles is 1. The molecule has 0 radical (unpaired) electrons. The summed E-state index contributed by atoms with van der Waals surface area (Å²) in [6.07, 6.45) is 2.04. The fourth-order valence-electron chi connectivity index (χ4n) is 5.18. The summed E-state index contributed by atoms with van der Waals surface area (Å²) in [5, 5.41) is 39.6. The molecule has 0 saturated heterocycles. The van der Waals surface area contributed by atoms with Crippen LogP contribution in [0.4, 0.5) is 5.69 Å². The SMILES string of the molecule is CCCCO.NNC(=O)c1ccccc1.NNC(=O)c1ccccc1.O=CO[O-].[C-]#[N+]c1cccc(C#N)c1.[H-].[K+].[K+].c1ccc(-c2nc(-c3cccc(-c4n[nH]c(-c5ccccc5)n4)c3)n[nH]2)cc1. The summed E-state index contributed by atoms with van der Waals surface area (Å²) >= 11 is 0. The standard InChI is InChI=1S/C22H16N6.C8H4N2.2C7H8N2O.C4H10O.CH2O3.2K.H/c1-3-8-15(9-4-1)19-23-21(27-25-19)17-12-7-13-18(14-17)22-24-20(26-28-22)16-10-5-2-6-11-16;1-10-8-4-2-3-7(5-8)6-9;2*8-9-7(10)6-4-2-1-3-5-6;1-2-3-4-5;2-1-4-3;;;/h1-14H,(H,23,25,27)(H,24,26,28);2-5H;2*1-5H,8H2,(H,9,10);5H,2-4H2,1H3;1,3H;;;/q;;;;;;2*+1;-1/p-1. The zero-order valence-electron chi connectivity index (χ0n) is 39.2. The van der Waals surface area contributed by atoms with Crippen molar-refractivity contribution < 1.29 is 134 Å². The third-order valence-electron chi connectivity index (χ3n) is 8.43. The number of aromatic nitrogens is 6. The van der Waals surface area contributed by atoms with Gasteiger partial charge in [-0.3, -0.25) is 35.4 Å². The molecule has 342 valence electrons. The summed E-state index contributed by atoms with van der Waals surface area (Å²) in [5.41, 5.74) is 10.1. The molecule has 6 aromatic carbocycles. The van der Waals surface area contributed by atoms with E-state index in [1.54, 1.807) is 72.8 Å². The van der Waals surface area contributed by atoms with Gasteiger partial charge >= 0.3 is 103 Å². The van der Waals surface area contributed by atoms with Gasteiger partial charge in [-0.15, -0.1) is 0 Å². The summed E-state index contributed by atoms with van der Waals surface area (Å²) in [6.45, 7) is 8.85. The summed E-state index contributed by atoms with van der Waals surface area (Å²) < 4.78 is 0. The normalized spacial score (nSPS) is 9.03. The molecule has 0 fully saturated rings. The van der Waals surface area contributed by atoms with Crippen molar-refractivity contribution in [3.8, 4) is 51.6 Å². The van der Waals surface area contributed by atoms with Gasteiger partial charge in [-0.05, 0) is 48.9 Å². The van der Waals surface area contributed by atoms with E-state index in [2.05, 4.69) is 47.0 Å². The van der Waals surface area contributed by atoms with Crippen LogP contribution in [0.15, 0.2) is 170 Å². The monoisotopic (exact) mass is 978 g/mol. The molecule has 0 bridgehead atoms. The van der Waals surface area contributed by atoms with Crippen molar-refractivity contribution in [3.63, 3.8) is 0 Å². The van der Waals surface area contributed by atoms with Gasteiger partial charge in [0, 0.05) is 45.6 Å². The number of hydrazine groups is 2. The van der Waals surface area contributed by atoms with Crippen molar-refractivity contribution >= 4 is 24.0 Å². The molecule has 8 aromatic rings.